The van der Waals surface area contributed by atoms with E-state index in [0.29, 0.717) is 12.0 Å². The second-order valence-corrected chi connectivity index (χ2v) is 6.98. The Morgan fingerprint density at radius 3 is 2.33 bits per heavy atom. The second-order valence-electron chi connectivity index (χ2n) is 6.98. The van der Waals surface area contributed by atoms with Gasteiger partial charge in [-0.2, -0.15) is 0 Å². The molecule has 0 aromatic heterocycles. The lowest BCUT2D eigenvalue weighted by Crippen LogP contribution is -2.45. The topological polar surface area (TPSA) is 32.3 Å². The Kier molecular flexibility index (Phi) is 4.97. The molecule has 0 bridgehead atoms. The SMILES string of the molecule is OC(CC1CCCCN1)(c1ccccc1)C1CCCCC1. The molecular formula is C19H29NO. The summed E-state index contributed by atoms with van der Waals surface area (Å²) in [5.41, 5.74) is 0.487. The summed E-state index contributed by atoms with van der Waals surface area (Å²) in [5.74, 6) is 0.428. The molecule has 0 amide bonds. The summed E-state index contributed by atoms with van der Waals surface area (Å²) in [6.45, 7) is 1.11. The number of piperidine rings is 1. The normalized spacial score (nSPS) is 27.2. The van der Waals surface area contributed by atoms with Crippen LogP contribution in [0.5, 0.6) is 0 Å². The zero-order chi connectivity index (χ0) is 14.5. The van der Waals surface area contributed by atoms with Crippen molar-refractivity contribution in [2.45, 2.75) is 69.4 Å². The Balaban J connectivity index is 1.82. The Morgan fingerprint density at radius 2 is 1.67 bits per heavy atom. The average Bonchev–Trinajstić information content (AvgIpc) is 2.57. The maximum atomic E-state index is 11.6. The lowest BCUT2D eigenvalue weighted by Gasteiger charge is -2.42. The fourth-order valence-electron chi connectivity index (χ4n) is 4.30. The highest BCUT2D eigenvalue weighted by atomic mass is 16.3. The highest BCUT2D eigenvalue weighted by Gasteiger charge is 2.40. The molecule has 1 saturated heterocycles. The molecule has 1 saturated carbocycles. The first-order valence-electron chi connectivity index (χ1n) is 8.80. The van der Waals surface area contributed by atoms with Crippen LogP contribution < -0.4 is 5.32 Å². The van der Waals surface area contributed by atoms with E-state index < -0.39 is 5.60 Å². The van der Waals surface area contributed by atoms with Crippen molar-refractivity contribution < 1.29 is 5.11 Å². The van der Waals surface area contributed by atoms with E-state index >= 15 is 0 Å². The second kappa shape index (κ2) is 6.93. The molecule has 116 valence electrons. The summed E-state index contributed by atoms with van der Waals surface area (Å²) in [5, 5.41) is 15.2. The third kappa shape index (κ3) is 3.49. The van der Waals surface area contributed by atoms with Gasteiger partial charge in [-0.05, 0) is 50.1 Å². The number of aliphatic hydroxyl groups is 1. The number of hydrogen-bond donors (Lipinski definition) is 2. The highest BCUT2D eigenvalue weighted by Crippen LogP contribution is 2.43. The van der Waals surface area contributed by atoms with Crippen LogP contribution in [0.2, 0.25) is 0 Å². The summed E-state index contributed by atoms with van der Waals surface area (Å²) in [6.07, 6.45) is 10.9. The molecule has 1 aromatic carbocycles. The van der Waals surface area contributed by atoms with Crippen LogP contribution >= 0.6 is 0 Å². The molecule has 0 spiro atoms. The van der Waals surface area contributed by atoms with Gasteiger partial charge < -0.3 is 10.4 Å². The number of hydrogen-bond acceptors (Lipinski definition) is 2. The Morgan fingerprint density at radius 1 is 0.952 bits per heavy atom. The van der Waals surface area contributed by atoms with E-state index in [1.54, 1.807) is 0 Å². The van der Waals surface area contributed by atoms with E-state index in [1.807, 2.05) is 6.07 Å². The summed E-state index contributed by atoms with van der Waals surface area (Å²) >= 11 is 0. The Labute approximate surface area is 129 Å². The molecule has 2 fully saturated rings. The largest absolute Gasteiger partial charge is 0.385 e. The lowest BCUT2D eigenvalue weighted by atomic mass is 9.70. The summed E-state index contributed by atoms with van der Waals surface area (Å²) in [4.78, 5) is 0. The van der Waals surface area contributed by atoms with Crippen molar-refractivity contribution in [2.24, 2.45) is 5.92 Å². The minimum absolute atomic E-state index is 0.428. The van der Waals surface area contributed by atoms with E-state index in [-0.39, 0.29) is 0 Å². The van der Waals surface area contributed by atoms with E-state index in [0.717, 1.165) is 18.5 Å². The summed E-state index contributed by atoms with van der Waals surface area (Å²) < 4.78 is 0. The van der Waals surface area contributed by atoms with E-state index in [9.17, 15) is 5.11 Å². The van der Waals surface area contributed by atoms with Gasteiger partial charge >= 0.3 is 0 Å². The quantitative estimate of drug-likeness (QED) is 0.877. The molecule has 2 heteroatoms. The molecule has 2 atom stereocenters. The maximum Gasteiger partial charge on any atom is 0.0939 e. The smallest absolute Gasteiger partial charge is 0.0939 e. The summed E-state index contributed by atoms with van der Waals surface area (Å²) in [7, 11) is 0. The molecule has 2 aliphatic rings. The molecule has 1 aliphatic carbocycles. The molecular weight excluding hydrogens is 258 g/mol. The van der Waals surface area contributed by atoms with E-state index in [4.69, 9.17) is 0 Å². The average molecular weight is 287 g/mol. The molecule has 2 nitrogen and oxygen atoms in total. The van der Waals surface area contributed by atoms with Crippen LogP contribution in [0.3, 0.4) is 0 Å². The Hall–Kier alpha value is -0.860. The molecule has 1 heterocycles. The minimum Gasteiger partial charge on any atom is -0.385 e. The highest BCUT2D eigenvalue weighted by molar-refractivity contribution is 5.24. The van der Waals surface area contributed by atoms with Gasteiger partial charge in [-0.1, -0.05) is 56.0 Å². The van der Waals surface area contributed by atoms with E-state index in [2.05, 4.69) is 29.6 Å². The molecule has 2 N–H and O–H groups in total. The molecule has 1 aromatic rings. The van der Waals surface area contributed by atoms with Crippen LogP contribution in [0.25, 0.3) is 0 Å². The zero-order valence-corrected chi connectivity index (χ0v) is 13.1. The first-order valence-corrected chi connectivity index (χ1v) is 8.80. The van der Waals surface area contributed by atoms with Gasteiger partial charge in [0.1, 0.15) is 0 Å². The van der Waals surface area contributed by atoms with Crippen molar-refractivity contribution in [1.29, 1.82) is 0 Å². The Bertz CT molecular complexity index is 420. The van der Waals surface area contributed by atoms with Crippen LogP contribution in [0.4, 0.5) is 0 Å². The third-order valence-corrected chi connectivity index (χ3v) is 5.52. The number of nitrogens with one attached hydrogen (secondary N) is 1. The van der Waals surface area contributed by atoms with Crippen molar-refractivity contribution in [1.82, 2.24) is 5.32 Å². The molecule has 1 aliphatic heterocycles. The lowest BCUT2D eigenvalue weighted by molar-refractivity contribution is -0.0551. The summed E-state index contributed by atoms with van der Waals surface area (Å²) in [6, 6.07) is 10.9. The van der Waals surface area contributed by atoms with Crippen LogP contribution in [0, 0.1) is 5.92 Å². The van der Waals surface area contributed by atoms with Crippen LogP contribution in [0.15, 0.2) is 30.3 Å². The van der Waals surface area contributed by atoms with Crippen LogP contribution in [-0.2, 0) is 5.60 Å². The van der Waals surface area contributed by atoms with Crippen molar-refractivity contribution in [2.75, 3.05) is 6.54 Å². The van der Waals surface area contributed by atoms with Gasteiger partial charge in [-0.25, -0.2) is 0 Å². The predicted molar refractivity (Wildman–Crippen MR) is 87.2 cm³/mol. The third-order valence-electron chi connectivity index (χ3n) is 5.52. The molecule has 0 radical (unpaired) electrons. The maximum absolute atomic E-state index is 11.6. The standard InChI is InChI=1S/C19H29NO/c21-19(16-9-3-1-4-10-16,17-11-5-2-6-12-17)15-18-13-7-8-14-20-18/h1,3-4,9-10,17-18,20-21H,2,5-8,11-15H2. The van der Waals surface area contributed by atoms with Gasteiger partial charge in [0.2, 0.25) is 0 Å². The van der Waals surface area contributed by atoms with Gasteiger partial charge in [0, 0.05) is 6.04 Å². The van der Waals surface area contributed by atoms with E-state index in [1.165, 1.54) is 51.4 Å². The van der Waals surface area contributed by atoms with Gasteiger partial charge in [-0.15, -0.1) is 0 Å². The van der Waals surface area contributed by atoms with Gasteiger partial charge in [0.05, 0.1) is 5.60 Å². The van der Waals surface area contributed by atoms with Crippen LogP contribution in [-0.4, -0.2) is 17.7 Å². The zero-order valence-electron chi connectivity index (χ0n) is 13.1. The fourth-order valence-corrected chi connectivity index (χ4v) is 4.30. The number of benzene rings is 1. The minimum atomic E-state index is -0.642. The van der Waals surface area contributed by atoms with Gasteiger partial charge in [-0.3, -0.25) is 0 Å². The first-order chi connectivity index (χ1) is 10.3. The van der Waals surface area contributed by atoms with Gasteiger partial charge in [0.15, 0.2) is 0 Å². The predicted octanol–water partition coefficient (Wildman–Crippen LogP) is 3.99. The van der Waals surface area contributed by atoms with Crippen molar-refractivity contribution >= 4 is 0 Å². The van der Waals surface area contributed by atoms with Crippen molar-refractivity contribution in [3.05, 3.63) is 35.9 Å². The number of rotatable bonds is 4. The molecule has 21 heavy (non-hydrogen) atoms. The van der Waals surface area contributed by atoms with Gasteiger partial charge in [0.25, 0.3) is 0 Å². The monoisotopic (exact) mass is 287 g/mol. The fraction of sp³-hybridized carbons (Fsp3) is 0.684. The molecule has 3 rings (SSSR count). The van der Waals surface area contributed by atoms with Crippen LogP contribution in [0.1, 0.15) is 63.4 Å². The van der Waals surface area contributed by atoms with Crippen molar-refractivity contribution in [3.63, 3.8) is 0 Å². The molecule has 2 unspecified atom stereocenters. The van der Waals surface area contributed by atoms with Crippen molar-refractivity contribution in [3.8, 4) is 0 Å². The first kappa shape index (κ1) is 15.1.